The molecular formula is C8H4NNaO4S. The molecule has 1 amide bonds. The van der Waals surface area contributed by atoms with Crippen molar-refractivity contribution in [1.82, 2.24) is 0 Å². The molecule has 2 rings (SSSR count). The molecule has 0 saturated heterocycles. The van der Waals surface area contributed by atoms with E-state index in [0.717, 1.165) is 0 Å². The number of carbonyl (C=O) groups is 2. The predicted octanol–water partition coefficient (Wildman–Crippen LogP) is -2.94. The Morgan fingerprint density at radius 3 is 2.53 bits per heavy atom. The van der Waals surface area contributed by atoms with E-state index in [1.807, 2.05) is 0 Å². The summed E-state index contributed by atoms with van der Waals surface area (Å²) in [5, 5.41) is 2.32. The molecule has 0 bridgehead atoms. The Labute approximate surface area is 110 Å². The maximum atomic E-state index is 11.2. The van der Waals surface area contributed by atoms with Gasteiger partial charge in [-0.15, -0.1) is 0 Å². The summed E-state index contributed by atoms with van der Waals surface area (Å²) in [6, 6.07) is 3.89. The first-order valence-electron chi connectivity index (χ1n) is 3.68. The monoisotopic (exact) mass is 233 g/mol. The first-order chi connectivity index (χ1) is 6.59. The third kappa shape index (κ3) is 2.19. The third-order valence-electron chi connectivity index (χ3n) is 1.88. The Bertz CT molecular complexity index is 474. The van der Waals surface area contributed by atoms with Gasteiger partial charge in [0.05, 0.1) is 11.3 Å². The Morgan fingerprint density at radius 1 is 1.27 bits per heavy atom. The van der Waals surface area contributed by atoms with Crippen molar-refractivity contribution in [2.24, 2.45) is 0 Å². The molecule has 0 fully saturated rings. The zero-order valence-electron chi connectivity index (χ0n) is 7.77. The summed E-state index contributed by atoms with van der Waals surface area (Å²) in [6.07, 6.45) is 0. The minimum absolute atomic E-state index is 0. The summed E-state index contributed by atoms with van der Waals surface area (Å²) >= 11 is -2.39. The zero-order valence-corrected chi connectivity index (χ0v) is 10.6. The van der Waals surface area contributed by atoms with E-state index in [1.54, 1.807) is 0 Å². The van der Waals surface area contributed by atoms with Crippen LogP contribution in [-0.2, 0) is 15.9 Å². The molecule has 1 unspecified atom stereocenters. The minimum atomic E-state index is -2.39. The number of Topliss-reactive ketones (excluding diaryl/α,β-unsaturated/α-hetero) is 1. The molecule has 15 heavy (non-hydrogen) atoms. The van der Waals surface area contributed by atoms with E-state index in [0.29, 0.717) is 5.69 Å². The molecular weight excluding hydrogens is 229 g/mol. The van der Waals surface area contributed by atoms with Gasteiger partial charge in [-0.05, 0) is 29.3 Å². The molecule has 1 heterocycles. The number of benzene rings is 1. The van der Waals surface area contributed by atoms with Crippen LogP contribution >= 0.6 is 0 Å². The van der Waals surface area contributed by atoms with Crippen molar-refractivity contribution in [1.29, 1.82) is 0 Å². The van der Waals surface area contributed by atoms with Gasteiger partial charge in [-0.2, -0.15) is 0 Å². The molecule has 1 N–H and O–H groups in total. The molecule has 1 aliphatic heterocycles. The number of anilines is 1. The van der Waals surface area contributed by atoms with Crippen LogP contribution in [0.5, 0.6) is 0 Å². The van der Waals surface area contributed by atoms with Crippen LogP contribution in [0.25, 0.3) is 0 Å². The molecule has 72 valence electrons. The number of ketones is 1. The third-order valence-corrected chi connectivity index (χ3v) is 2.52. The average Bonchev–Trinajstić information content (AvgIpc) is 2.43. The summed E-state index contributed by atoms with van der Waals surface area (Å²) in [5.74, 6) is -1.43. The van der Waals surface area contributed by atoms with Crippen molar-refractivity contribution in [2.75, 3.05) is 5.32 Å². The topological polar surface area (TPSA) is 86.3 Å². The minimum Gasteiger partial charge on any atom is -0.768 e. The molecule has 0 spiro atoms. The largest absolute Gasteiger partial charge is 1.00 e. The fourth-order valence-corrected chi connectivity index (χ4v) is 1.62. The summed E-state index contributed by atoms with van der Waals surface area (Å²) < 4.78 is 21.1. The number of rotatable bonds is 1. The van der Waals surface area contributed by atoms with Crippen LogP contribution in [0.15, 0.2) is 23.1 Å². The predicted molar refractivity (Wildman–Crippen MR) is 46.6 cm³/mol. The molecule has 1 atom stereocenters. The number of fused-ring (bicyclic) bond motifs is 1. The van der Waals surface area contributed by atoms with Gasteiger partial charge in [0.1, 0.15) is 0 Å². The maximum absolute atomic E-state index is 11.2. The second-order valence-corrected chi connectivity index (χ2v) is 3.67. The van der Waals surface area contributed by atoms with Gasteiger partial charge in [0.25, 0.3) is 11.7 Å². The van der Waals surface area contributed by atoms with E-state index >= 15 is 0 Å². The van der Waals surface area contributed by atoms with Gasteiger partial charge in [0, 0.05) is 4.90 Å². The number of nitrogens with one attached hydrogen (secondary N) is 1. The van der Waals surface area contributed by atoms with Crippen molar-refractivity contribution >= 4 is 28.5 Å². The smallest absolute Gasteiger partial charge is 0.768 e. The molecule has 1 aromatic carbocycles. The van der Waals surface area contributed by atoms with Gasteiger partial charge < -0.3 is 9.87 Å². The van der Waals surface area contributed by atoms with Crippen LogP contribution in [-0.4, -0.2) is 20.5 Å². The first kappa shape index (κ1) is 12.5. The molecule has 0 radical (unpaired) electrons. The van der Waals surface area contributed by atoms with E-state index in [2.05, 4.69) is 5.32 Å². The Hall–Kier alpha value is -0.530. The Balaban J connectivity index is 0.00000112. The number of hydrogen-bond acceptors (Lipinski definition) is 4. The maximum Gasteiger partial charge on any atom is 1.00 e. The molecule has 0 aromatic heterocycles. The van der Waals surface area contributed by atoms with Gasteiger partial charge >= 0.3 is 29.6 Å². The van der Waals surface area contributed by atoms with E-state index in [1.165, 1.54) is 18.2 Å². The summed E-state index contributed by atoms with van der Waals surface area (Å²) in [5.41, 5.74) is 0.464. The van der Waals surface area contributed by atoms with Crippen molar-refractivity contribution in [3.05, 3.63) is 23.8 Å². The second-order valence-electron chi connectivity index (χ2n) is 2.73. The van der Waals surface area contributed by atoms with Crippen LogP contribution in [0.1, 0.15) is 10.4 Å². The van der Waals surface area contributed by atoms with E-state index in [9.17, 15) is 18.4 Å². The molecule has 0 aliphatic carbocycles. The molecule has 1 aromatic rings. The zero-order chi connectivity index (χ0) is 10.3. The molecule has 1 aliphatic rings. The van der Waals surface area contributed by atoms with Crippen LogP contribution in [0, 0.1) is 0 Å². The Morgan fingerprint density at radius 2 is 1.93 bits per heavy atom. The first-order valence-corrected chi connectivity index (χ1v) is 4.76. The standard InChI is InChI=1S/C8H5NO4S.Na/c10-7-5-3-4(14(12)13)1-2-6(5)9-8(7)11;/h1-3H,(H,12,13)(H,9,10,11);/q;+1/p-1. The van der Waals surface area contributed by atoms with Gasteiger partial charge in [0.15, 0.2) is 0 Å². The van der Waals surface area contributed by atoms with E-state index < -0.39 is 22.8 Å². The summed E-state index contributed by atoms with van der Waals surface area (Å²) in [4.78, 5) is 22.0. The number of carbonyl (C=O) groups excluding carboxylic acids is 2. The molecule has 5 nitrogen and oxygen atoms in total. The van der Waals surface area contributed by atoms with Crippen molar-refractivity contribution in [3.63, 3.8) is 0 Å². The van der Waals surface area contributed by atoms with Crippen LogP contribution in [0.4, 0.5) is 5.69 Å². The van der Waals surface area contributed by atoms with E-state index in [4.69, 9.17) is 0 Å². The van der Waals surface area contributed by atoms with Gasteiger partial charge in [-0.1, -0.05) is 0 Å². The van der Waals surface area contributed by atoms with Crippen LogP contribution < -0.4 is 34.9 Å². The molecule has 7 heteroatoms. The number of amides is 1. The van der Waals surface area contributed by atoms with Gasteiger partial charge in [0.2, 0.25) is 0 Å². The van der Waals surface area contributed by atoms with Crippen molar-refractivity contribution in [2.45, 2.75) is 4.90 Å². The van der Waals surface area contributed by atoms with E-state index in [-0.39, 0.29) is 40.0 Å². The van der Waals surface area contributed by atoms with Crippen LogP contribution in [0.3, 0.4) is 0 Å². The Kier molecular flexibility index (Phi) is 3.80. The normalized spacial score (nSPS) is 15.3. The van der Waals surface area contributed by atoms with Gasteiger partial charge in [-0.25, -0.2) is 0 Å². The molecule has 0 saturated carbocycles. The quantitative estimate of drug-likeness (QED) is 0.319. The number of hydrogen-bond donors (Lipinski definition) is 1. The van der Waals surface area contributed by atoms with Gasteiger partial charge in [-0.3, -0.25) is 13.8 Å². The SMILES string of the molecule is O=C1Nc2ccc(S(=O)[O-])cc2C1=O.[Na+]. The van der Waals surface area contributed by atoms with Crippen LogP contribution in [0.2, 0.25) is 0 Å². The second kappa shape index (κ2) is 4.54. The fraction of sp³-hybridized carbons (Fsp3) is 0. The van der Waals surface area contributed by atoms with Crippen molar-refractivity contribution < 1.29 is 47.9 Å². The average molecular weight is 233 g/mol. The summed E-state index contributed by atoms with van der Waals surface area (Å²) in [7, 11) is 0. The fourth-order valence-electron chi connectivity index (χ4n) is 1.23. The summed E-state index contributed by atoms with van der Waals surface area (Å²) in [6.45, 7) is 0. The van der Waals surface area contributed by atoms with Crippen molar-refractivity contribution in [3.8, 4) is 0 Å².